The molecule has 0 aromatic rings. The summed E-state index contributed by atoms with van der Waals surface area (Å²) in [6, 6.07) is 0. The third-order valence-corrected chi connectivity index (χ3v) is 4.43. The molecule has 0 aliphatic rings. The van der Waals surface area contributed by atoms with Gasteiger partial charge in [-0.25, -0.2) is 0 Å². The maximum Gasteiger partial charge on any atom is 0.132 e. The highest BCUT2D eigenvalue weighted by Gasteiger charge is 2.00. The first-order valence-corrected chi connectivity index (χ1v) is 10.4. The van der Waals surface area contributed by atoms with E-state index in [4.69, 9.17) is 5.73 Å². The van der Waals surface area contributed by atoms with E-state index in [0.717, 1.165) is 45.3 Å². The van der Waals surface area contributed by atoms with Gasteiger partial charge in [-0.2, -0.15) is 0 Å². The highest BCUT2D eigenvalue weighted by Crippen LogP contribution is 2.07. The van der Waals surface area contributed by atoms with E-state index in [1.165, 1.54) is 57.9 Å². The fraction of sp³-hybridized carbons (Fsp3) is 0.950. The van der Waals surface area contributed by atoms with Crippen LogP contribution in [0, 0.1) is 0 Å². The summed E-state index contributed by atoms with van der Waals surface area (Å²) < 4.78 is 0. The van der Waals surface area contributed by atoms with Crippen LogP contribution < -0.4 is 16.4 Å². The van der Waals surface area contributed by atoms with Gasteiger partial charge >= 0.3 is 0 Å². The summed E-state index contributed by atoms with van der Waals surface area (Å²) >= 11 is 0. The number of rotatable bonds is 20. The van der Waals surface area contributed by atoms with Crippen molar-refractivity contribution in [3.8, 4) is 0 Å². The van der Waals surface area contributed by atoms with Crippen molar-refractivity contribution in [1.82, 2.24) is 10.6 Å². The Morgan fingerprint density at radius 1 is 0.667 bits per heavy atom. The first kappa shape index (κ1) is 23.5. The van der Waals surface area contributed by atoms with Crippen LogP contribution in [0.1, 0.15) is 90.4 Å². The SMILES string of the molecule is CCNCCCCCCCCCNCCCCCC(=O)CCCN. The lowest BCUT2D eigenvalue weighted by molar-refractivity contribution is -0.119. The molecule has 0 radical (unpaired) electrons. The Kier molecular flexibility index (Phi) is 20.2. The number of nitrogens with two attached hydrogens (primary N) is 1. The van der Waals surface area contributed by atoms with E-state index < -0.39 is 0 Å². The third kappa shape index (κ3) is 19.6. The van der Waals surface area contributed by atoms with Crippen LogP contribution in [0.25, 0.3) is 0 Å². The van der Waals surface area contributed by atoms with Crippen molar-refractivity contribution < 1.29 is 4.79 Å². The van der Waals surface area contributed by atoms with Crippen LogP contribution in [0.2, 0.25) is 0 Å². The fourth-order valence-electron chi connectivity index (χ4n) is 2.86. The predicted octanol–water partition coefficient (Wildman–Crippen LogP) is 3.78. The van der Waals surface area contributed by atoms with Gasteiger partial charge in [-0.1, -0.05) is 45.4 Å². The van der Waals surface area contributed by atoms with E-state index in [2.05, 4.69) is 17.6 Å². The van der Waals surface area contributed by atoms with E-state index in [1.807, 2.05) is 0 Å². The van der Waals surface area contributed by atoms with E-state index >= 15 is 0 Å². The second kappa shape index (κ2) is 20.6. The van der Waals surface area contributed by atoms with Crippen LogP contribution in [-0.4, -0.2) is 38.5 Å². The maximum absolute atomic E-state index is 11.5. The molecule has 0 spiro atoms. The molecule has 24 heavy (non-hydrogen) atoms. The summed E-state index contributed by atoms with van der Waals surface area (Å²) in [7, 11) is 0. The zero-order chi connectivity index (χ0) is 17.7. The number of carbonyl (C=O) groups excluding carboxylic acids is 1. The maximum atomic E-state index is 11.5. The first-order chi connectivity index (χ1) is 11.8. The summed E-state index contributed by atoms with van der Waals surface area (Å²) in [6.45, 7) is 7.32. The van der Waals surface area contributed by atoms with E-state index in [1.54, 1.807) is 0 Å². The predicted molar refractivity (Wildman–Crippen MR) is 105 cm³/mol. The first-order valence-electron chi connectivity index (χ1n) is 10.4. The highest BCUT2D eigenvalue weighted by atomic mass is 16.1. The van der Waals surface area contributed by atoms with Crippen molar-refractivity contribution in [3.63, 3.8) is 0 Å². The zero-order valence-corrected chi connectivity index (χ0v) is 16.2. The Hall–Kier alpha value is -0.450. The smallest absolute Gasteiger partial charge is 0.132 e. The molecule has 0 saturated carbocycles. The average Bonchev–Trinajstić information content (AvgIpc) is 2.59. The highest BCUT2D eigenvalue weighted by molar-refractivity contribution is 5.78. The van der Waals surface area contributed by atoms with Gasteiger partial charge in [0, 0.05) is 12.8 Å². The van der Waals surface area contributed by atoms with Crippen LogP contribution in [0.3, 0.4) is 0 Å². The molecule has 0 saturated heterocycles. The van der Waals surface area contributed by atoms with Gasteiger partial charge in [-0.05, 0) is 64.8 Å². The molecule has 144 valence electrons. The molecule has 0 fully saturated rings. The monoisotopic (exact) mass is 341 g/mol. The van der Waals surface area contributed by atoms with Gasteiger partial charge in [0.2, 0.25) is 0 Å². The van der Waals surface area contributed by atoms with Gasteiger partial charge in [0.15, 0.2) is 0 Å². The number of carbonyl (C=O) groups is 1. The molecule has 0 atom stereocenters. The Morgan fingerprint density at radius 3 is 1.67 bits per heavy atom. The number of unbranched alkanes of at least 4 members (excludes halogenated alkanes) is 8. The lowest BCUT2D eigenvalue weighted by Crippen LogP contribution is -2.16. The molecule has 4 heteroatoms. The topological polar surface area (TPSA) is 67.1 Å². The van der Waals surface area contributed by atoms with E-state index in [9.17, 15) is 4.79 Å². The van der Waals surface area contributed by atoms with Crippen molar-refractivity contribution in [2.75, 3.05) is 32.7 Å². The number of nitrogens with one attached hydrogen (secondary N) is 2. The third-order valence-electron chi connectivity index (χ3n) is 4.43. The molecule has 0 aliphatic heterocycles. The lowest BCUT2D eigenvalue weighted by atomic mass is 10.1. The van der Waals surface area contributed by atoms with Gasteiger partial charge in [0.05, 0.1) is 0 Å². The minimum Gasteiger partial charge on any atom is -0.330 e. The molecule has 0 unspecified atom stereocenters. The van der Waals surface area contributed by atoms with E-state index in [0.29, 0.717) is 18.7 Å². The van der Waals surface area contributed by atoms with Crippen molar-refractivity contribution >= 4 is 5.78 Å². The Bertz CT molecular complexity index is 259. The molecule has 4 N–H and O–H groups in total. The van der Waals surface area contributed by atoms with Crippen molar-refractivity contribution in [3.05, 3.63) is 0 Å². The number of hydrogen-bond acceptors (Lipinski definition) is 4. The number of hydrogen-bond donors (Lipinski definition) is 3. The molecule has 0 aromatic carbocycles. The van der Waals surface area contributed by atoms with Crippen LogP contribution in [0.5, 0.6) is 0 Å². The largest absolute Gasteiger partial charge is 0.330 e. The summed E-state index contributed by atoms with van der Waals surface area (Å²) in [4.78, 5) is 11.5. The second-order valence-electron chi connectivity index (χ2n) is 6.82. The summed E-state index contributed by atoms with van der Waals surface area (Å²) in [5.41, 5.74) is 5.40. The molecule has 0 heterocycles. The summed E-state index contributed by atoms with van der Waals surface area (Å²) in [6.07, 6.45) is 15.2. The molecule has 0 amide bonds. The van der Waals surface area contributed by atoms with E-state index in [-0.39, 0.29) is 0 Å². The zero-order valence-electron chi connectivity index (χ0n) is 16.2. The van der Waals surface area contributed by atoms with Crippen molar-refractivity contribution in [2.45, 2.75) is 90.4 Å². The molecule has 0 bridgehead atoms. The Morgan fingerprint density at radius 2 is 1.12 bits per heavy atom. The molecular formula is C20H43N3O. The molecule has 0 aromatic heterocycles. The fourth-order valence-corrected chi connectivity index (χ4v) is 2.86. The van der Waals surface area contributed by atoms with Crippen molar-refractivity contribution in [2.24, 2.45) is 5.73 Å². The Labute approximate surface area is 150 Å². The standard InChI is InChI=1S/C20H43N3O/c1-2-22-17-10-6-4-3-5-7-11-18-23-19-12-8-9-14-20(24)15-13-16-21/h22-23H,2-19,21H2,1H3. The van der Waals surface area contributed by atoms with Gasteiger partial charge in [-0.15, -0.1) is 0 Å². The molecule has 0 aliphatic carbocycles. The minimum absolute atomic E-state index is 0.384. The van der Waals surface area contributed by atoms with Crippen LogP contribution in [0.15, 0.2) is 0 Å². The number of Topliss-reactive ketones (excluding diaryl/α,β-unsaturated/α-hetero) is 1. The minimum atomic E-state index is 0.384. The normalized spacial score (nSPS) is 11.1. The lowest BCUT2D eigenvalue weighted by Gasteiger charge is -2.05. The van der Waals surface area contributed by atoms with Gasteiger partial charge in [0.1, 0.15) is 5.78 Å². The van der Waals surface area contributed by atoms with Crippen LogP contribution in [0.4, 0.5) is 0 Å². The summed E-state index contributed by atoms with van der Waals surface area (Å²) in [5, 5.41) is 6.90. The van der Waals surface area contributed by atoms with Gasteiger partial charge in [0.25, 0.3) is 0 Å². The molecule has 4 nitrogen and oxygen atoms in total. The number of ketones is 1. The summed E-state index contributed by atoms with van der Waals surface area (Å²) in [5.74, 6) is 0.384. The second-order valence-corrected chi connectivity index (χ2v) is 6.82. The van der Waals surface area contributed by atoms with Gasteiger partial charge < -0.3 is 16.4 Å². The van der Waals surface area contributed by atoms with Gasteiger partial charge in [-0.3, -0.25) is 4.79 Å². The van der Waals surface area contributed by atoms with Crippen molar-refractivity contribution in [1.29, 1.82) is 0 Å². The van der Waals surface area contributed by atoms with Crippen LogP contribution in [-0.2, 0) is 4.79 Å². The molecule has 0 rings (SSSR count). The Balaban J connectivity index is 3.04. The quantitative estimate of drug-likeness (QED) is 0.295. The molecular weight excluding hydrogens is 298 g/mol. The average molecular weight is 342 g/mol. The van der Waals surface area contributed by atoms with Crippen LogP contribution >= 0.6 is 0 Å².